The van der Waals surface area contributed by atoms with Crippen molar-refractivity contribution in [1.82, 2.24) is 9.88 Å². The van der Waals surface area contributed by atoms with Gasteiger partial charge in [-0.3, -0.25) is 4.79 Å². The van der Waals surface area contributed by atoms with E-state index in [0.717, 1.165) is 34.7 Å². The summed E-state index contributed by atoms with van der Waals surface area (Å²) in [7, 11) is 1.89. The van der Waals surface area contributed by atoms with Gasteiger partial charge >= 0.3 is 0 Å². The van der Waals surface area contributed by atoms with Gasteiger partial charge in [-0.05, 0) is 43.5 Å². The Morgan fingerprint density at radius 3 is 2.71 bits per heavy atom. The van der Waals surface area contributed by atoms with E-state index in [4.69, 9.17) is 4.42 Å². The Bertz CT molecular complexity index is 907. The first-order valence-electron chi connectivity index (χ1n) is 8.70. The summed E-state index contributed by atoms with van der Waals surface area (Å²) in [6.07, 6.45) is 5.86. The Kier molecular flexibility index (Phi) is 3.75. The lowest BCUT2D eigenvalue weighted by atomic mass is 9.94. The molecule has 0 bridgehead atoms. The molecule has 1 aromatic carbocycles. The number of fused-ring (bicyclic) bond motifs is 2. The minimum Gasteiger partial charge on any atom is -0.433 e. The molecule has 0 N–H and O–H groups in total. The smallest absolute Gasteiger partial charge is 0.289 e. The van der Waals surface area contributed by atoms with Crippen LogP contribution in [-0.4, -0.2) is 28.9 Å². The highest BCUT2D eigenvalue weighted by atomic mass is 16.4. The van der Waals surface area contributed by atoms with Crippen LogP contribution in [-0.2, 0) is 0 Å². The van der Waals surface area contributed by atoms with Crippen LogP contribution in [0.3, 0.4) is 0 Å². The van der Waals surface area contributed by atoms with Crippen molar-refractivity contribution in [3.05, 3.63) is 41.7 Å². The summed E-state index contributed by atoms with van der Waals surface area (Å²) < 4.78 is 5.79. The van der Waals surface area contributed by atoms with Gasteiger partial charge in [0.15, 0.2) is 5.76 Å². The highest BCUT2D eigenvalue weighted by Crippen LogP contribution is 2.26. The number of aromatic nitrogens is 1. The van der Waals surface area contributed by atoms with E-state index in [1.165, 1.54) is 19.3 Å². The quantitative estimate of drug-likeness (QED) is 0.687. The van der Waals surface area contributed by atoms with E-state index in [9.17, 15) is 4.79 Å². The number of hydrogen-bond donors (Lipinski definition) is 0. The maximum absolute atomic E-state index is 12.8. The summed E-state index contributed by atoms with van der Waals surface area (Å²) in [5.41, 5.74) is 2.60. The topological polar surface area (TPSA) is 46.3 Å². The van der Waals surface area contributed by atoms with Crippen molar-refractivity contribution >= 4 is 27.9 Å². The van der Waals surface area contributed by atoms with Gasteiger partial charge in [0.05, 0.1) is 5.52 Å². The van der Waals surface area contributed by atoms with Crippen LogP contribution in [0.1, 0.15) is 48.2 Å². The van der Waals surface area contributed by atoms with E-state index < -0.39 is 0 Å². The van der Waals surface area contributed by atoms with Gasteiger partial charge in [0.2, 0.25) is 5.71 Å². The summed E-state index contributed by atoms with van der Waals surface area (Å²) >= 11 is 0. The number of aryl methyl sites for hydroxylation is 1. The maximum atomic E-state index is 12.8. The van der Waals surface area contributed by atoms with Crippen LogP contribution >= 0.6 is 0 Å². The maximum Gasteiger partial charge on any atom is 0.289 e. The molecule has 0 aliphatic heterocycles. The highest BCUT2D eigenvalue weighted by molar-refractivity contribution is 5.98. The minimum atomic E-state index is -0.0415. The molecule has 4 rings (SSSR count). The second-order valence-corrected chi connectivity index (χ2v) is 6.90. The molecule has 1 saturated carbocycles. The standard InChI is InChI=1S/C20H22N2O2/c1-13-8-9-14-11-15-12-18(24-19(15)21-17(14)10-13)20(23)22(2)16-6-4-3-5-7-16/h8-12,16H,3-7H2,1-2H3. The highest BCUT2D eigenvalue weighted by Gasteiger charge is 2.25. The molecular formula is C20H22N2O2. The second-order valence-electron chi connectivity index (χ2n) is 6.90. The number of rotatable bonds is 2. The molecule has 4 heteroatoms. The summed E-state index contributed by atoms with van der Waals surface area (Å²) in [6, 6.07) is 10.3. The predicted molar refractivity (Wildman–Crippen MR) is 95.2 cm³/mol. The molecule has 0 unspecified atom stereocenters. The number of benzene rings is 1. The Balaban J connectivity index is 1.68. The Morgan fingerprint density at radius 2 is 1.92 bits per heavy atom. The first kappa shape index (κ1) is 15.2. The number of carbonyl (C=O) groups is 1. The lowest BCUT2D eigenvalue weighted by Crippen LogP contribution is -2.38. The first-order chi connectivity index (χ1) is 11.6. The van der Waals surface area contributed by atoms with Crippen LogP contribution in [0, 0.1) is 6.92 Å². The average molecular weight is 322 g/mol. The van der Waals surface area contributed by atoms with E-state index in [2.05, 4.69) is 17.1 Å². The van der Waals surface area contributed by atoms with Crippen molar-refractivity contribution in [1.29, 1.82) is 0 Å². The number of nitrogens with zero attached hydrogens (tertiary/aromatic N) is 2. The molecule has 24 heavy (non-hydrogen) atoms. The summed E-state index contributed by atoms with van der Waals surface area (Å²) in [6.45, 7) is 2.04. The van der Waals surface area contributed by atoms with Crippen LogP contribution in [0.4, 0.5) is 0 Å². The van der Waals surface area contributed by atoms with Crippen LogP contribution in [0.25, 0.3) is 22.0 Å². The van der Waals surface area contributed by atoms with E-state index >= 15 is 0 Å². The fourth-order valence-electron chi connectivity index (χ4n) is 3.65. The number of hydrogen-bond acceptors (Lipinski definition) is 3. The third-order valence-electron chi connectivity index (χ3n) is 5.11. The largest absolute Gasteiger partial charge is 0.433 e. The van der Waals surface area contributed by atoms with Crippen molar-refractivity contribution in [3.8, 4) is 0 Å². The Hall–Kier alpha value is -2.36. The van der Waals surface area contributed by atoms with Crippen LogP contribution in [0.5, 0.6) is 0 Å². The molecule has 3 aromatic rings. The summed E-state index contributed by atoms with van der Waals surface area (Å²) in [5.74, 6) is 0.345. The fourth-order valence-corrected chi connectivity index (χ4v) is 3.65. The molecule has 1 fully saturated rings. The number of amides is 1. The summed E-state index contributed by atoms with van der Waals surface area (Å²) in [4.78, 5) is 19.2. The van der Waals surface area contributed by atoms with Crippen LogP contribution < -0.4 is 0 Å². The molecule has 1 amide bonds. The normalized spacial score (nSPS) is 15.9. The van der Waals surface area contributed by atoms with Gasteiger partial charge in [-0.15, -0.1) is 0 Å². The first-order valence-corrected chi connectivity index (χ1v) is 8.70. The average Bonchev–Trinajstić information content (AvgIpc) is 3.02. The lowest BCUT2D eigenvalue weighted by molar-refractivity contribution is 0.0666. The van der Waals surface area contributed by atoms with Gasteiger partial charge < -0.3 is 9.32 Å². The number of furan rings is 1. The molecule has 1 aliphatic carbocycles. The molecule has 4 nitrogen and oxygen atoms in total. The van der Waals surface area contributed by atoms with E-state index in [-0.39, 0.29) is 5.91 Å². The Morgan fingerprint density at radius 1 is 1.12 bits per heavy atom. The third-order valence-corrected chi connectivity index (χ3v) is 5.11. The van der Waals surface area contributed by atoms with Crippen molar-refractivity contribution in [2.24, 2.45) is 0 Å². The lowest BCUT2D eigenvalue weighted by Gasteiger charge is -2.30. The van der Waals surface area contributed by atoms with Gasteiger partial charge in [0, 0.05) is 23.9 Å². The van der Waals surface area contributed by atoms with Gasteiger partial charge in [-0.2, -0.15) is 0 Å². The molecular weight excluding hydrogens is 300 g/mol. The molecule has 124 valence electrons. The summed E-state index contributed by atoms with van der Waals surface area (Å²) in [5, 5.41) is 1.94. The second kappa shape index (κ2) is 5.93. The zero-order chi connectivity index (χ0) is 16.7. The van der Waals surface area contributed by atoms with Crippen LogP contribution in [0.15, 0.2) is 34.7 Å². The zero-order valence-corrected chi connectivity index (χ0v) is 14.2. The molecule has 0 radical (unpaired) electrons. The van der Waals surface area contributed by atoms with E-state index in [1.54, 1.807) is 0 Å². The monoisotopic (exact) mass is 322 g/mol. The molecule has 0 atom stereocenters. The SMILES string of the molecule is Cc1ccc2cc3cc(C(=O)N(C)C4CCCCC4)oc3nc2c1. The molecule has 0 saturated heterocycles. The van der Waals surface area contributed by atoms with Gasteiger partial charge in [-0.1, -0.05) is 31.4 Å². The van der Waals surface area contributed by atoms with Crippen molar-refractivity contribution < 1.29 is 9.21 Å². The number of pyridine rings is 1. The molecule has 0 spiro atoms. The van der Waals surface area contributed by atoms with Crippen LogP contribution in [0.2, 0.25) is 0 Å². The van der Waals surface area contributed by atoms with Gasteiger partial charge in [0.1, 0.15) is 0 Å². The third kappa shape index (κ3) is 2.66. The van der Waals surface area contributed by atoms with Crippen molar-refractivity contribution in [2.75, 3.05) is 7.05 Å². The van der Waals surface area contributed by atoms with E-state index in [1.807, 2.05) is 37.1 Å². The van der Waals surface area contributed by atoms with Crippen molar-refractivity contribution in [3.63, 3.8) is 0 Å². The minimum absolute atomic E-state index is 0.0415. The van der Waals surface area contributed by atoms with Gasteiger partial charge in [0.25, 0.3) is 5.91 Å². The molecule has 2 aromatic heterocycles. The van der Waals surface area contributed by atoms with Crippen molar-refractivity contribution in [2.45, 2.75) is 45.1 Å². The predicted octanol–water partition coefficient (Wildman–Crippen LogP) is 4.69. The Labute approximate surface area is 141 Å². The zero-order valence-electron chi connectivity index (χ0n) is 14.2. The fraction of sp³-hybridized carbons (Fsp3) is 0.400. The number of carbonyl (C=O) groups excluding carboxylic acids is 1. The van der Waals surface area contributed by atoms with E-state index in [0.29, 0.717) is 17.5 Å². The molecule has 2 heterocycles. The van der Waals surface area contributed by atoms with Gasteiger partial charge in [-0.25, -0.2) is 4.98 Å². The molecule has 1 aliphatic rings.